The van der Waals surface area contributed by atoms with Crippen molar-refractivity contribution in [3.05, 3.63) is 206 Å². The summed E-state index contributed by atoms with van der Waals surface area (Å²) in [6, 6.07) is 74.6. The lowest BCUT2D eigenvalue weighted by Crippen LogP contribution is -2.11. The Bertz CT molecular complexity index is 3530. The molecule has 0 unspecified atom stereocenters. The van der Waals surface area contributed by atoms with Gasteiger partial charge in [0.1, 0.15) is 11.2 Å². The van der Waals surface area contributed by atoms with Crippen molar-refractivity contribution in [2.75, 3.05) is 4.90 Å². The van der Waals surface area contributed by atoms with Crippen LogP contribution in [0.5, 0.6) is 0 Å². The van der Waals surface area contributed by atoms with Crippen LogP contribution in [0.2, 0.25) is 0 Å². The predicted octanol–water partition coefficient (Wildman–Crippen LogP) is 15.3. The van der Waals surface area contributed by atoms with Gasteiger partial charge in [0, 0.05) is 49.4 Å². The molecule has 3 heteroatoms. The first-order valence-electron chi connectivity index (χ1n) is 19.5. The summed E-state index contributed by atoms with van der Waals surface area (Å²) in [4.78, 5) is 2.40. The Hall–Kier alpha value is -7.62. The van der Waals surface area contributed by atoms with Gasteiger partial charge in [-0.1, -0.05) is 146 Å². The molecule has 0 amide bonds. The summed E-state index contributed by atoms with van der Waals surface area (Å²) in [5.41, 5.74) is 11.0. The van der Waals surface area contributed by atoms with Crippen LogP contribution in [0.15, 0.2) is 211 Å². The highest BCUT2D eigenvalue weighted by Gasteiger charge is 2.21. The van der Waals surface area contributed by atoms with Gasteiger partial charge in [0.05, 0.1) is 16.7 Å². The zero-order valence-electron chi connectivity index (χ0n) is 30.9. The fraction of sp³-hybridized carbons (Fsp3) is 0. The van der Waals surface area contributed by atoms with Gasteiger partial charge in [-0.25, -0.2) is 0 Å². The average Bonchev–Trinajstić information content (AvgIpc) is 3.83. The highest BCUT2D eigenvalue weighted by molar-refractivity contribution is 6.19. The standard InChI is InChI=1S/C54H34N2O/c1-3-15-40-35(12-1)14-11-21-42(40)44-31-32-51(45-18-6-5-17-43(44)45)55(39-29-33-53-49(34-39)47-20-8-10-23-52(47)57-53)37-25-27-38(28-26-37)56-50-22-9-7-19-46(50)48-30-24-36-13-2-4-16-41(36)54(48)56/h1-34H. The van der Waals surface area contributed by atoms with Gasteiger partial charge in [0.2, 0.25) is 0 Å². The molecule has 0 radical (unpaired) electrons. The monoisotopic (exact) mass is 726 g/mol. The van der Waals surface area contributed by atoms with Crippen molar-refractivity contribution >= 4 is 93.1 Å². The molecule has 2 aromatic heterocycles. The number of fused-ring (bicyclic) bond motifs is 10. The molecule has 0 bridgehead atoms. The Balaban J connectivity index is 1.09. The van der Waals surface area contributed by atoms with Crippen molar-refractivity contribution in [2.24, 2.45) is 0 Å². The summed E-state index contributed by atoms with van der Waals surface area (Å²) in [5.74, 6) is 0. The van der Waals surface area contributed by atoms with Crippen molar-refractivity contribution in [3.8, 4) is 16.8 Å². The van der Waals surface area contributed by atoms with Gasteiger partial charge in [0.25, 0.3) is 0 Å². The topological polar surface area (TPSA) is 21.3 Å². The van der Waals surface area contributed by atoms with E-state index in [-0.39, 0.29) is 0 Å². The number of rotatable bonds is 5. The summed E-state index contributed by atoms with van der Waals surface area (Å²) in [5, 5.41) is 12.1. The SMILES string of the molecule is c1ccc2c(-c3ccc(N(c4ccc(-n5c6ccccc6c6ccc7ccccc7c65)cc4)c4ccc5oc6ccccc6c5c4)c4ccccc34)cccc2c1. The Morgan fingerprint density at radius 1 is 0.351 bits per heavy atom. The molecule has 0 saturated heterocycles. The number of aromatic nitrogens is 1. The first-order valence-corrected chi connectivity index (χ1v) is 19.5. The quantitative estimate of drug-likeness (QED) is 0.176. The van der Waals surface area contributed by atoms with Crippen molar-refractivity contribution in [1.82, 2.24) is 4.57 Å². The predicted molar refractivity (Wildman–Crippen MR) is 241 cm³/mol. The second kappa shape index (κ2) is 12.5. The largest absolute Gasteiger partial charge is 0.456 e. The van der Waals surface area contributed by atoms with E-state index in [2.05, 4.69) is 204 Å². The van der Waals surface area contributed by atoms with Gasteiger partial charge in [-0.3, -0.25) is 0 Å². The third-order valence-corrected chi connectivity index (χ3v) is 11.8. The van der Waals surface area contributed by atoms with Crippen LogP contribution < -0.4 is 4.90 Å². The molecule has 0 spiro atoms. The molecular formula is C54H34N2O. The molecule has 266 valence electrons. The highest BCUT2D eigenvalue weighted by Crippen LogP contribution is 2.45. The van der Waals surface area contributed by atoms with E-state index in [1.807, 2.05) is 12.1 Å². The number of nitrogens with zero attached hydrogens (tertiary/aromatic N) is 2. The molecule has 0 N–H and O–H groups in total. The molecule has 0 aliphatic carbocycles. The van der Waals surface area contributed by atoms with Crippen LogP contribution in [0.1, 0.15) is 0 Å². The molecule has 0 saturated carbocycles. The molecule has 10 aromatic carbocycles. The van der Waals surface area contributed by atoms with E-state index >= 15 is 0 Å². The van der Waals surface area contributed by atoms with E-state index in [0.29, 0.717) is 0 Å². The normalized spacial score (nSPS) is 11.9. The van der Waals surface area contributed by atoms with E-state index in [4.69, 9.17) is 4.42 Å². The van der Waals surface area contributed by atoms with E-state index in [1.165, 1.54) is 65.3 Å². The maximum Gasteiger partial charge on any atom is 0.135 e. The van der Waals surface area contributed by atoms with Crippen molar-refractivity contribution in [2.45, 2.75) is 0 Å². The molecule has 0 atom stereocenters. The van der Waals surface area contributed by atoms with Gasteiger partial charge in [0.15, 0.2) is 0 Å². The highest BCUT2D eigenvalue weighted by atomic mass is 16.3. The molecule has 0 aliphatic heterocycles. The number of furan rings is 1. The lowest BCUT2D eigenvalue weighted by molar-refractivity contribution is 0.669. The molecule has 0 fully saturated rings. The summed E-state index contributed by atoms with van der Waals surface area (Å²) in [6.45, 7) is 0. The minimum absolute atomic E-state index is 0.880. The zero-order valence-corrected chi connectivity index (χ0v) is 30.9. The zero-order chi connectivity index (χ0) is 37.5. The maximum atomic E-state index is 6.31. The lowest BCUT2D eigenvalue weighted by Gasteiger charge is -2.28. The maximum absolute atomic E-state index is 6.31. The summed E-state index contributed by atoms with van der Waals surface area (Å²) < 4.78 is 8.73. The summed E-state index contributed by atoms with van der Waals surface area (Å²) >= 11 is 0. The van der Waals surface area contributed by atoms with Crippen LogP contribution in [-0.2, 0) is 0 Å². The number of para-hydroxylation sites is 2. The summed E-state index contributed by atoms with van der Waals surface area (Å²) in [7, 11) is 0. The first kappa shape index (κ1) is 31.7. The molecule has 0 aliphatic rings. The van der Waals surface area contributed by atoms with E-state index in [1.54, 1.807) is 0 Å². The van der Waals surface area contributed by atoms with Crippen molar-refractivity contribution < 1.29 is 4.42 Å². The van der Waals surface area contributed by atoms with Gasteiger partial charge in [-0.2, -0.15) is 0 Å². The smallest absolute Gasteiger partial charge is 0.135 e. The average molecular weight is 727 g/mol. The fourth-order valence-electron chi connectivity index (χ4n) is 9.20. The Kier molecular flexibility index (Phi) is 6.93. The van der Waals surface area contributed by atoms with E-state index < -0.39 is 0 Å². The summed E-state index contributed by atoms with van der Waals surface area (Å²) in [6.07, 6.45) is 0. The Morgan fingerprint density at radius 2 is 0.965 bits per heavy atom. The second-order valence-electron chi connectivity index (χ2n) is 14.9. The van der Waals surface area contributed by atoms with Crippen LogP contribution in [0, 0.1) is 0 Å². The Labute approximate surface area is 328 Å². The minimum Gasteiger partial charge on any atom is -0.456 e. The van der Waals surface area contributed by atoms with Crippen LogP contribution in [-0.4, -0.2) is 4.57 Å². The van der Waals surface area contributed by atoms with Gasteiger partial charge < -0.3 is 13.9 Å². The lowest BCUT2D eigenvalue weighted by atomic mass is 9.93. The van der Waals surface area contributed by atoms with E-state index in [9.17, 15) is 0 Å². The van der Waals surface area contributed by atoms with Crippen LogP contribution >= 0.6 is 0 Å². The molecule has 12 aromatic rings. The number of hydrogen-bond donors (Lipinski definition) is 0. The van der Waals surface area contributed by atoms with Crippen LogP contribution in [0.3, 0.4) is 0 Å². The van der Waals surface area contributed by atoms with Crippen LogP contribution in [0.4, 0.5) is 17.1 Å². The Morgan fingerprint density at radius 3 is 1.81 bits per heavy atom. The van der Waals surface area contributed by atoms with Crippen LogP contribution in [0.25, 0.3) is 92.9 Å². The van der Waals surface area contributed by atoms with Gasteiger partial charge in [-0.05, 0) is 93.3 Å². The number of benzene rings is 10. The second-order valence-corrected chi connectivity index (χ2v) is 14.9. The molecule has 57 heavy (non-hydrogen) atoms. The fourth-order valence-corrected chi connectivity index (χ4v) is 9.20. The first-order chi connectivity index (χ1) is 28.3. The minimum atomic E-state index is 0.880. The third kappa shape index (κ3) is 4.86. The van der Waals surface area contributed by atoms with E-state index in [0.717, 1.165) is 44.7 Å². The number of anilines is 3. The van der Waals surface area contributed by atoms with Crippen molar-refractivity contribution in [3.63, 3.8) is 0 Å². The molecule has 2 heterocycles. The third-order valence-electron chi connectivity index (χ3n) is 11.8. The van der Waals surface area contributed by atoms with Gasteiger partial charge >= 0.3 is 0 Å². The van der Waals surface area contributed by atoms with Crippen molar-refractivity contribution in [1.29, 1.82) is 0 Å². The molecule has 12 rings (SSSR count). The molecular weight excluding hydrogens is 693 g/mol. The molecule has 3 nitrogen and oxygen atoms in total. The number of hydrogen-bond acceptors (Lipinski definition) is 2. The van der Waals surface area contributed by atoms with Gasteiger partial charge in [-0.15, -0.1) is 0 Å².